The lowest BCUT2D eigenvalue weighted by Crippen LogP contribution is -2.33. The van der Waals surface area contributed by atoms with Gasteiger partial charge in [0.2, 0.25) is 0 Å². The molecule has 104 valence electrons. The first kappa shape index (κ1) is 12.6. The standard InChI is InChI=1S/C13H14FN5O/c14-10-2-1-3-11(6-10)17-13(20)18-5-4-12(7-18)19-9-15-8-16-19/h1-3,6,8-9,12H,4-5,7H2,(H,17,20). The zero-order valence-electron chi connectivity index (χ0n) is 10.7. The second kappa shape index (κ2) is 5.28. The van der Waals surface area contributed by atoms with E-state index in [0.29, 0.717) is 18.8 Å². The highest BCUT2D eigenvalue weighted by Gasteiger charge is 2.27. The number of rotatable bonds is 2. The van der Waals surface area contributed by atoms with Gasteiger partial charge in [0, 0.05) is 18.8 Å². The molecule has 20 heavy (non-hydrogen) atoms. The van der Waals surface area contributed by atoms with Gasteiger partial charge in [0.25, 0.3) is 0 Å². The number of hydrogen-bond donors (Lipinski definition) is 1. The van der Waals surface area contributed by atoms with Gasteiger partial charge in [-0.15, -0.1) is 0 Å². The third-order valence-corrected chi connectivity index (χ3v) is 3.34. The zero-order chi connectivity index (χ0) is 13.9. The summed E-state index contributed by atoms with van der Waals surface area (Å²) in [6, 6.07) is 5.78. The second-order valence-electron chi connectivity index (χ2n) is 4.70. The molecule has 7 heteroatoms. The van der Waals surface area contributed by atoms with E-state index in [1.54, 1.807) is 28.0 Å². The van der Waals surface area contributed by atoms with Crippen molar-refractivity contribution in [3.63, 3.8) is 0 Å². The molecule has 1 fully saturated rings. The van der Waals surface area contributed by atoms with Gasteiger partial charge in [0.15, 0.2) is 0 Å². The number of carbonyl (C=O) groups is 1. The van der Waals surface area contributed by atoms with Gasteiger partial charge in [-0.1, -0.05) is 6.07 Å². The van der Waals surface area contributed by atoms with E-state index in [1.807, 2.05) is 0 Å². The fourth-order valence-corrected chi connectivity index (χ4v) is 2.32. The first-order valence-electron chi connectivity index (χ1n) is 6.38. The number of nitrogens with zero attached hydrogens (tertiary/aromatic N) is 4. The molecular formula is C13H14FN5O. The average Bonchev–Trinajstić information content (AvgIpc) is 3.10. The lowest BCUT2D eigenvalue weighted by molar-refractivity contribution is 0.220. The Morgan fingerprint density at radius 1 is 1.45 bits per heavy atom. The minimum Gasteiger partial charge on any atom is -0.322 e. The number of carbonyl (C=O) groups excluding carboxylic acids is 1. The van der Waals surface area contributed by atoms with Crippen LogP contribution in [0.5, 0.6) is 0 Å². The van der Waals surface area contributed by atoms with E-state index in [9.17, 15) is 9.18 Å². The molecule has 0 aliphatic carbocycles. The minimum absolute atomic E-state index is 0.149. The molecular weight excluding hydrogens is 261 g/mol. The van der Waals surface area contributed by atoms with Gasteiger partial charge in [-0.25, -0.2) is 18.9 Å². The molecule has 0 radical (unpaired) electrons. The molecule has 0 spiro atoms. The number of urea groups is 1. The summed E-state index contributed by atoms with van der Waals surface area (Å²) in [7, 11) is 0. The first-order chi connectivity index (χ1) is 9.72. The molecule has 1 atom stereocenters. The van der Waals surface area contributed by atoms with Gasteiger partial charge in [-0.3, -0.25) is 0 Å². The van der Waals surface area contributed by atoms with Crippen LogP contribution in [0.2, 0.25) is 0 Å². The van der Waals surface area contributed by atoms with E-state index in [2.05, 4.69) is 15.4 Å². The van der Waals surface area contributed by atoms with Crippen molar-refractivity contribution in [3.05, 3.63) is 42.7 Å². The fourth-order valence-electron chi connectivity index (χ4n) is 2.32. The largest absolute Gasteiger partial charge is 0.322 e. The van der Waals surface area contributed by atoms with Gasteiger partial charge in [0.05, 0.1) is 6.04 Å². The van der Waals surface area contributed by atoms with E-state index >= 15 is 0 Å². The Kier molecular flexibility index (Phi) is 3.32. The molecule has 3 rings (SSSR count). The summed E-state index contributed by atoms with van der Waals surface area (Å²) in [5.41, 5.74) is 0.458. The predicted octanol–water partition coefficient (Wildman–Crippen LogP) is 1.90. The molecule has 0 bridgehead atoms. The highest BCUT2D eigenvalue weighted by atomic mass is 19.1. The predicted molar refractivity (Wildman–Crippen MR) is 70.7 cm³/mol. The smallest absolute Gasteiger partial charge is 0.321 e. The highest BCUT2D eigenvalue weighted by molar-refractivity contribution is 5.89. The average molecular weight is 275 g/mol. The Morgan fingerprint density at radius 2 is 2.35 bits per heavy atom. The van der Waals surface area contributed by atoms with Crippen molar-refractivity contribution in [2.45, 2.75) is 12.5 Å². The van der Waals surface area contributed by atoms with Crippen molar-refractivity contribution in [1.82, 2.24) is 19.7 Å². The van der Waals surface area contributed by atoms with Gasteiger partial charge < -0.3 is 10.2 Å². The molecule has 1 aromatic heterocycles. The molecule has 2 amide bonds. The van der Waals surface area contributed by atoms with Gasteiger partial charge >= 0.3 is 6.03 Å². The van der Waals surface area contributed by atoms with Gasteiger partial charge in [-0.05, 0) is 24.6 Å². The summed E-state index contributed by atoms with van der Waals surface area (Å²) in [6.07, 6.45) is 3.97. The van der Waals surface area contributed by atoms with Crippen LogP contribution in [0.25, 0.3) is 0 Å². The number of halogens is 1. The molecule has 1 aliphatic rings. The summed E-state index contributed by atoms with van der Waals surface area (Å²) < 4.78 is 14.8. The van der Waals surface area contributed by atoms with E-state index in [0.717, 1.165) is 6.42 Å². The number of aromatic nitrogens is 3. The summed E-state index contributed by atoms with van der Waals surface area (Å²) in [4.78, 5) is 17.7. The second-order valence-corrected chi connectivity index (χ2v) is 4.70. The van der Waals surface area contributed by atoms with Crippen molar-refractivity contribution in [2.24, 2.45) is 0 Å². The van der Waals surface area contributed by atoms with Crippen LogP contribution in [0.4, 0.5) is 14.9 Å². The van der Waals surface area contributed by atoms with Crippen LogP contribution in [-0.4, -0.2) is 38.8 Å². The van der Waals surface area contributed by atoms with E-state index < -0.39 is 0 Å². The summed E-state index contributed by atoms with van der Waals surface area (Å²) in [6.45, 7) is 1.22. The Hall–Kier alpha value is -2.44. The molecule has 1 unspecified atom stereocenters. The minimum atomic E-state index is -0.371. The third-order valence-electron chi connectivity index (χ3n) is 3.34. The maximum absolute atomic E-state index is 13.1. The van der Waals surface area contributed by atoms with E-state index in [-0.39, 0.29) is 17.9 Å². The van der Waals surface area contributed by atoms with Crippen molar-refractivity contribution in [1.29, 1.82) is 0 Å². The zero-order valence-corrected chi connectivity index (χ0v) is 10.7. The van der Waals surface area contributed by atoms with Crippen LogP contribution in [-0.2, 0) is 0 Å². The maximum atomic E-state index is 13.1. The van der Waals surface area contributed by atoms with Crippen LogP contribution in [0.15, 0.2) is 36.9 Å². The number of hydrogen-bond acceptors (Lipinski definition) is 3. The van der Waals surface area contributed by atoms with E-state index in [4.69, 9.17) is 0 Å². The number of amides is 2. The highest BCUT2D eigenvalue weighted by Crippen LogP contribution is 2.21. The van der Waals surface area contributed by atoms with Crippen molar-refractivity contribution < 1.29 is 9.18 Å². The van der Waals surface area contributed by atoms with Crippen LogP contribution in [0.3, 0.4) is 0 Å². The lowest BCUT2D eigenvalue weighted by atomic mass is 10.3. The summed E-state index contributed by atoms with van der Waals surface area (Å²) >= 11 is 0. The Morgan fingerprint density at radius 3 is 3.10 bits per heavy atom. The summed E-state index contributed by atoms with van der Waals surface area (Å²) in [5.74, 6) is -0.371. The SMILES string of the molecule is O=C(Nc1cccc(F)c1)N1CCC(n2cncn2)C1. The quantitative estimate of drug-likeness (QED) is 0.910. The Bertz CT molecular complexity index is 601. The van der Waals surface area contributed by atoms with E-state index in [1.165, 1.54) is 18.5 Å². The number of likely N-dealkylation sites (tertiary alicyclic amines) is 1. The Balaban J connectivity index is 1.61. The first-order valence-corrected chi connectivity index (χ1v) is 6.38. The molecule has 1 saturated heterocycles. The summed E-state index contributed by atoms with van der Waals surface area (Å²) in [5, 5.41) is 6.78. The number of benzene rings is 1. The molecule has 0 saturated carbocycles. The molecule has 2 heterocycles. The van der Waals surface area contributed by atoms with Crippen LogP contribution in [0.1, 0.15) is 12.5 Å². The normalized spacial score (nSPS) is 18.2. The van der Waals surface area contributed by atoms with Gasteiger partial charge in [-0.2, -0.15) is 5.10 Å². The third kappa shape index (κ3) is 2.61. The van der Waals surface area contributed by atoms with Crippen molar-refractivity contribution >= 4 is 11.7 Å². The molecule has 1 aliphatic heterocycles. The van der Waals surface area contributed by atoms with Crippen molar-refractivity contribution in [3.8, 4) is 0 Å². The monoisotopic (exact) mass is 275 g/mol. The van der Waals surface area contributed by atoms with Crippen LogP contribution < -0.4 is 5.32 Å². The molecule has 1 aromatic carbocycles. The van der Waals surface area contributed by atoms with Crippen LogP contribution in [0, 0.1) is 5.82 Å². The fraction of sp³-hybridized carbons (Fsp3) is 0.308. The Labute approximate surface area is 115 Å². The maximum Gasteiger partial charge on any atom is 0.321 e. The molecule has 1 N–H and O–H groups in total. The van der Waals surface area contributed by atoms with Gasteiger partial charge in [0.1, 0.15) is 18.5 Å². The molecule has 6 nitrogen and oxygen atoms in total. The van der Waals surface area contributed by atoms with Crippen molar-refractivity contribution in [2.75, 3.05) is 18.4 Å². The topological polar surface area (TPSA) is 63.1 Å². The lowest BCUT2D eigenvalue weighted by Gasteiger charge is -2.17. The number of nitrogens with one attached hydrogen (secondary N) is 1. The molecule has 2 aromatic rings. The number of anilines is 1. The van der Waals surface area contributed by atoms with Crippen LogP contribution >= 0.6 is 0 Å².